The van der Waals surface area contributed by atoms with Crippen molar-refractivity contribution < 1.29 is 18.0 Å². The third-order valence-electron chi connectivity index (χ3n) is 6.37. The summed E-state index contributed by atoms with van der Waals surface area (Å²) in [6.07, 6.45) is -0.901. The zero-order valence-corrected chi connectivity index (χ0v) is 20.9. The third-order valence-corrected chi connectivity index (χ3v) is 6.72. The summed E-state index contributed by atoms with van der Waals surface area (Å²) in [6.45, 7) is 0.298. The van der Waals surface area contributed by atoms with Crippen LogP contribution in [0, 0.1) is 0 Å². The summed E-state index contributed by atoms with van der Waals surface area (Å²) in [5, 5.41) is 6.63. The summed E-state index contributed by atoms with van der Waals surface area (Å²) in [4.78, 5) is 19.1. The molecule has 0 spiro atoms. The first-order valence-corrected chi connectivity index (χ1v) is 12.4. The zero-order chi connectivity index (χ0) is 26.7. The maximum Gasteiger partial charge on any atom is 0.416 e. The topological polar surface area (TPSA) is 62.2 Å². The SMILES string of the molecule is O=C(CCN1C(=S)NC(c2ccccn2)C1c1cccn1-c1cccc(C(F)(F)F)c1)Nc1ccccc1. The number of anilines is 1. The van der Waals surface area contributed by atoms with Crippen LogP contribution in [0.3, 0.4) is 0 Å². The molecule has 2 aromatic heterocycles. The average Bonchev–Trinajstić information content (AvgIpc) is 3.52. The number of nitrogens with one attached hydrogen (secondary N) is 2. The third kappa shape index (κ3) is 5.40. The van der Waals surface area contributed by atoms with Crippen LogP contribution in [0.15, 0.2) is 97.3 Å². The number of hydrogen-bond acceptors (Lipinski definition) is 3. The van der Waals surface area contributed by atoms with Crippen LogP contribution in [0.2, 0.25) is 0 Å². The lowest BCUT2D eigenvalue weighted by atomic mass is 10.0. The highest BCUT2D eigenvalue weighted by Crippen LogP contribution is 2.40. The first kappa shape index (κ1) is 25.5. The fourth-order valence-electron chi connectivity index (χ4n) is 4.64. The summed E-state index contributed by atoms with van der Waals surface area (Å²) in [7, 11) is 0. The van der Waals surface area contributed by atoms with Gasteiger partial charge in [0.15, 0.2) is 5.11 Å². The lowest BCUT2D eigenvalue weighted by Gasteiger charge is -2.29. The van der Waals surface area contributed by atoms with Gasteiger partial charge in [0, 0.05) is 42.4 Å². The lowest BCUT2D eigenvalue weighted by molar-refractivity contribution is -0.137. The highest BCUT2D eigenvalue weighted by molar-refractivity contribution is 7.80. The van der Waals surface area contributed by atoms with Crippen LogP contribution in [0.5, 0.6) is 0 Å². The largest absolute Gasteiger partial charge is 0.416 e. The lowest BCUT2D eigenvalue weighted by Crippen LogP contribution is -2.33. The van der Waals surface area contributed by atoms with E-state index in [0.717, 1.165) is 23.5 Å². The van der Waals surface area contributed by atoms with Crippen LogP contribution >= 0.6 is 12.2 Å². The molecule has 1 aliphatic rings. The molecule has 10 heteroatoms. The van der Waals surface area contributed by atoms with E-state index in [1.54, 1.807) is 29.1 Å². The molecule has 1 aliphatic heterocycles. The van der Waals surface area contributed by atoms with Crippen molar-refractivity contribution >= 4 is 28.9 Å². The second-order valence-electron chi connectivity index (χ2n) is 8.84. The van der Waals surface area contributed by atoms with E-state index >= 15 is 0 Å². The summed E-state index contributed by atoms with van der Waals surface area (Å²) < 4.78 is 42.1. The van der Waals surface area contributed by atoms with Crippen molar-refractivity contribution in [2.24, 2.45) is 0 Å². The van der Waals surface area contributed by atoms with Crippen LogP contribution in [0.25, 0.3) is 5.69 Å². The van der Waals surface area contributed by atoms with E-state index in [1.807, 2.05) is 59.5 Å². The fourth-order valence-corrected chi connectivity index (χ4v) is 4.97. The van der Waals surface area contributed by atoms with Gasteiger partial charge in [-0.15, -0.1) is 0 Å². The number of rotatable bonds is 7. The molecule has 2 aromatic carbocycles. The number of pyridine rings is 1. The van der Waals surface area contributed by atoms with E-state index in [4.69, 9.17) is 12.2 Å². The number of carbonyl (C=O) groups excluding carboxylic acids is 1. The van der Waals surface area contributed by atoms with Crippen molar-refractivity contribution in [1.82, 2.24) is 19.8 Å². The van der Waals surface area contributed by atoms with Crippen molar-refractivity contribution in [3.05, 3.63) is 114 Å². The smallest absolute Gasteiger partial charge is 0.352 e. The van der Waals surface area contributed by atoms with Gasteiger partial charge in [0.25, 0.3) is 0 Å². The van der Waals surface area contributed by atoms with Crippen molar-refractivity contribution in [2.45, 2.75) is 24.7 Å². The molecule has 1 saturated heterocycles. The van der Waals surface area contributed by atoms with Crippen molar-refractivity contribution in [2.75, 3.05) is 11.9 Å². The van der Waals surface area contributed by atoms with Gasteiger partial charge in [-0.1, -0.05) is 30.3 Å². The van der Waals surface area contributed by atoms with Gasteiger partial charge in [0.2, 0.25) is 5.91 Å². The van der Waals surface area contributed by atoms with Gasteiger partial charge < -0.3 is 20.1 Å². The molecule has 3 heterocycles. The minimum absolute atomic E-state index is 0.159. The molecular weight excluding hydrogens is 511 g/mol. The monoisotopic (exact) mass is 535 g/mol. The maximum atomic E-state index is 13.4. The Bertz CT molecular complexity index is 1430. The normalized spacial score (nSPS) is 17.3. The number of hydrogen-bond donors (Lipinski definition) is 2. The first-order valence-electron chi connectivity index (χ1n) is 12.0. The second-order valence-corrected chi connectivity index (χ2v) is 9.22. The highest BCUT2D eigenvalue weighted by atomic mass is 32.1. The van der Waals surface area contributed by atoms with E-state index < -0.39 is 17.8 Å². The van der Waals surface area contributed by atoms with E-state index in [0.29, 0.717) is 23.0 Å². The van der Waals surface area contributed by atoms with Gasteiger partial charge in [-0.2, -0.15) is 13.2 Å². The molecule has 0 radical (unpaired) electrons. The fraction of sp³-hybridized carbons (Fsp3) is 0.179. The molecule has 6 nitrogen and oxygen atoms in total. The van der Waals surface area contributed by atoms with E-state index in [2.05, 4.69) is 15.6 Å². The number of halogens is 3. The van der Waals surface area contributed by atoms with Gasteiger partial charge in [0.1, 0.15) is 0 Å². The van der Waals surface area contributed by atoms with Gasteiger partial charge >= 0.3 is 6.18 Å². The standard InChI is InChI=1S/C28H24F3N5OS/c29-28(30,31)19-8-6-11-21(18-19)35-16-7-13-23(35)26-25(22-12-4-5-15-32-22)34-27(38)36(26)17-14-24(37)33-20-9-2-1-3-10-20/h1-13,15-16,18,25-26H,14,17H2,(H,33,37)(H,34,38). The Kier molecular flexibility index (Phi) is 7.15. The average molecular weight is 536 g/mol. The Labute approximate surface area is 223 Å². The van der Waals surface area contributed by atoms with Gasteiger partial charge in [-0.25, -0.2) is 0 Å². The predicted molar refractivity (Wildman–Crippen MR) is 143 cm³/mol. The Balaban J connectivity index is 1.47. The van der Waals surface area contributed by atoms with Crippen LogP contribution in [-0.2, 0) is 11.0 Å². The predicted octanol–water partition coefficient (Wildman–Crippen LogP) is 5.89. The quantitative estimate of drug-likeness (QED) is 0.289. The van der Waals surface area contributed by atoms with Crippen molar-refractivity contribution in [1.29, 1.82) is 0 Å². The number of carbonyl (C=O) groups is 1. The Morgan fingerprint density at radius 2 is 1.79 bits per heavy atom. The van der Waals surface area contributed by atoms with Gasteiger partial charge in [0.05, 0.1) is 23.3 Å². The van der Waals surface area contributed by atoms with E-state index in [-0.39, 0.29) is 18.4 Å². The molecule has 2 atom stereocenters. The van der Waals surface area contributed by atoms with Gasteiger partial charge in [-0.3, -0.25) is 9.78 Å². The summed E-state index contributed by atoms with van der Waals surface area (Å²) in [5.41, 5.74) is 1.79. The molecule has 4 aromatic rings. The Morgan fingerprint density at radius 3 is 2.53 bits per heavy atom. The Morgan fingerprint density at radius 1 is 1.00 bits per heavy atom. The minimum Gasteiger partial charge on any atom is -0.352 e. The van der Waals surface area contributed by atoms with E-state index in [9.17, 15) is 18.0 Å². The zero-order valence-electron chi connectivity index (χ0n) is 20.1. The molecule has 5 rings (SSSR count). The number of para-hydroxylation sites is 1. The highest BCUT2D eigenvalue weighted by Gasteiger charge is 2.41. The molecule has 2 unspecified atom stereocenters. The number of alkyl halides is 3. The number of thiocarbonyl (C=S) groups is 1. The maximum absolute atomic E-state index is 13.4. The second kappa shape index (κ2) is 10.7. The van der Waals surface area contributed by atoms with Crippen LogP contribution in [0.1, 0.15) is 35.5 Å². The number of aromatic nitrogens is 2. The molecule has 194 valence electrons. The number of nitrogens with zero attached hydrogens (tertiary/aromatic N) is 3. The molecule has 38 heavy (non-hydrogen) atoms. The Hall–Kier alpha value is -4.18. The van der Waals surface area contributed by atoms with Crippen LogP contribution in [0.4, 0.5) is 18.9 Å². The summed E-state index contributed by atoms with van der Waals surface area (Å²) in [5.74, 6) is -0.174. The molecule has 0 aliphatic carbocycles. The number of benzene rings is 2. The van der Waals surface area contributed by atoms with E-state index in [1.165, 1.54) is 6.07 Å². The molecule has 0 bridgehead atoms. The molecule has 1 amide bonds. The van der Waals surface area contributed by atoms with Crippen molar-refractivity contribution in [3.63, 3.8) is 0 Å². The van der Waals surface area contributed by atoms with Crippen LogP contribution < -0.4 is 10.6 Å². The summed E-state index contributed by atoms with van der Waals surface area (Å²) in [6, 6.07) is 22.7. The molecule has 1 fully saturated rings. The minimum atomic E-state index is -4.46. The summed E-state index contributed by atoms with van der Waals surface area (Å²) >= 11 is 5.68. The van der Waals surface area contributed by atoms with Crippen LogP contribution in [-0.4, -0.2) is 32.0 Å². The van der Waals surface area contributed by atoms with Gasteiger partial charge in [-0.05, 0) is 66.8 Å². The van der Waals surface area contributed by atoms with Crippen molar-refractivity contribution in [3.8, 4) is 5.69 Å². The molecule has 0 saturated carbocycles. The first-order chi connectivity index (χ1) is 18.3. The number of amides is 1. The molecular formula is C28H24F3N5OS. The molecule has 2 N–H and O–H groups in total.